The molecule has 2 aromatic carbocycles. The molecule has 0 saturated heterocycles. The molecule has 0 bridgehead atoms. The van der Waals surface area contributed by atoms with Gasteiger partial charge in [-0.1, -0.05) is 11.6 Å². The van der Waals surface area contributed by atoms with Crippen LogP contribution in [-0.2, 0) is 19.6 Å². The summed E-state index contributed by atoms with van der Waals surface area (Å²) in [6.45, 7) is 1.43. The van der Waals surface area contributed by atoms with Crippen molar-refractivity contribution in [3.8, 4) is 0 Å². The van der Waals surface area contributed by atoms with Crippen molar-refractivity contribution < 1.29 is 22.7 Å². The van der Waals surface area contributed by atoms with Gasteiger partial charge in [0.2, 0.25) is 10.0 Å². The first-order chi connectivity index (χ1) is 12.2. The van der Waals surface area contributed by atoms with Crippen LogP contribution in [0.5, 0.6) is 0 Å². The number of ether oxygens (including phenoxy) is 1. The summed E-state index contributed by atoms with van der Waals surface area (Å²) in [5.41, 5.74) is 0.648. The number of benzene rings is 2. The van der Waals surface area contributed by atoms with E-state index < -0.39 is 28.0 Å². The molecule has 0 aliphatic heterocycles. The zero-order valence-electron chi connectivity index (χ0n) is 14.0. The van der Waals surface area contributed by atoms with Gasteiger partial charge < -0.3 is 10.1 Å². The second-order valence-electron chi connectivity index (χ2n) is 5.28. The van der Waals surface area contributed by atoms with Gasteiger partial charge in [0.15, 0.2) is 6.10 Å². The van der Waals surface area contributed by atoms with Gasteiger partial charge in [-0.15, -0.1) is 0 Å². The summed E-state index contributed by atoms with van der Waals surface area (Å²) in [5.74, 6) is -1.24. The smallest absolute Gasteiger partial charge is 0.338 e. The van der Waals surface area contributed by atoms with Crippen LogP contribution < -0.4 is 10.0 Å². The summed E-state index contributed by atoms with van der Waals surface area (Å²) in [6, 6.07) is 11.7. The van der Waals surface area contributed by atoms with E-state index in [0.717, 1.165) is 0 Å². The lowest BCUT2D eigenvalue weighted by Gasteiger charge is -2.14. The maximum Gasteiger partial charge on any atom is 0.338 e. The third-order valence-corrected chi connectivity index (χ3v) is 5.12. The number of rotatable bonds is 6. The summed E-state index contributed by atoms with van der Waals surface area (Å²) in [6.07, 6.45) is -1.04. The Balaban J connectivity index is 1.99. The Bertz CT molecular complexity index is 896. The molecule has 0 aliphatic rings. The number of halogens is 1. The van der Waals surface area contributed by atoms with Gasteiger partial charge in [0.1, 0.15) is 0 Å². The number of amides is 1. The average molecular weight is 397 g/mol. The highest BCUT2D eigenvalue weighted by atomic mass is 35.5. The van der Waals surface area contributed by atoms with E-state index in [-0.39, 0.29) is 10.5 Å². The Labute approximate surface area is 156 Å². The fourth-order valence-electron chi connectivity index (χ4n) is 1.95. The summed E-state index contributed by atoms with van der Waals surface area (Å²) < 4.78 is 30.6. The molecule has 0 aliphatic carbocycles. The molecular formula is C17H17ClN2O5S. The highest BCUT2D eigenvalue weighted by Crippen LogP contribution is 2.15. The van der Waals surface area contributed by atoms with Crippen LogP contribution >= 0.6 is 11.6 Å². The molecule has 138 valence electrons. The molecule has 26 heavy (non-hydrogen) atoms. The summed E-state index contributed by atoms with van der Waals surface area (Å²) >= 11 is 5.77. The Morgan fingerprint density at radius 1 is 1.04 bits per heavy atom. The minimum Gasteiger partial charge on any atom is -0.449 e. The van der Waals surface area contributed by atoms with Crippen LogP contribution in [0.2, 0.25) is 5.02 Å². The molecule has 0 spiro atoms. The van der Waals surface area contributed by atoms with Gasteiger partial charge in [-0.3, -0.25) is 4.79 Å². The Morgan fingerprint density at radius 3 is 2.15 bits per heavy atom. The maximum absolute atomic E-state index is 12.1. The molecular weight excluding hydrogens is 380 g/mol. The quantitative estimate of drug-likeness (QED) is 0.730. The Hall–Kier alpha value is -2.42. The number of esters is 1. The molecule has 1 atom stereocenters. The van der Waals surface area contributed by atoms with Crippen LogP contribution in [0.4, 0.5) is 5.69 Å². The zero-order valence-corrected chi connectivity index (χ0v) is 15.6. The lowest BCUT2D eigenvalue weighted by molar-refractivity contribution is -0.123. The summed E-state index contributed by atoms with van der Waals surface area (Å²) in [5, 5.41) is 3.13. The van der Waals surface area contributed by atoms with Crippen LogP contribution in [0.25, 0.3) is 0 Å². The predicted molar refractivity (Wildman–Crippen MR) is 97.6 cm³/mol. The molecule has 0 radical (unpaired) electrons. The van der Waals surface area contributed by atoms with Crippen molar-refractivity contribution in [3.05, 3.63) is 59.1 Å². The molecule has 0 fully saturated rings. The van der Waals surface area contributed by atoms with E-state index in [9.17, 15) is 18.0 Å². The van der Waals surface area contributed by atoms with E-state index in [0.29, 0.717) is 10.7 Å². The van der Waals surface area contributed by atoms with Crippen molar-refractivity contribution in [1.82, 2.24) is 4.72 Å². The molecule has 2 N–H and O–H groups in total. The normalized spacial score (nSPS) is 12.3. The third kappa shape index (κ3) is 5.04. The predicted octanol–water partition coefficient (Wildman–Crippen LogP) is 2.43. The van der Waals surface area contributed by atoms with E-state index in [4.69, 9.17) is 16.3 Å². The monoisotopic (exact) mass is 396 g/mol. The molecule has 2 aromatic rings. The van der Waals surface area contributed by atoms with Crippen molar-refractivity contribution in [2.75, 3.05) is 12.4 Å². The first-order valence-corrected chi connectivity index (χ1v) is 9.40. The van der Waals surface area contributed by atoms with Crippen molar-refractivity contribution in [2.24, 2.45) is 0 Å². The lowest BCUT2D eigenvalue weighted by Crippen LogP contribution is -2.30. The molecule has 1 amide bonds. The van der Waals surface area contributed by atoms with Crippen molar-refractivity contribution in [2.45, 2.75) is 17.9 Å². The van der Waals surface area contributed by atoms with E-state index in [1.165, 1.54) is 38.2 Å². The van der Waals surface area contributed by atoms with Crippen molar-refractivity contribution >= 4 is 39.2 Å². The van der Waals surface area contributed by atoms with Crippen LogP contribution in [0, 0.1) is 0 Å². The molecule has 1 unspecified atom stereocenters. The fraction of sp³-hybridized carbons (Fsp3) is 0.176. The minimum absolute atomic E-state index is 0.0186. The minimum atomic E-state index is -3.59. The Kier molecular flexibility index (Phi) is 6.36. The number of anilines is 1. The van der Waals surface area contributed by atoms with Gasteiger partial charge in [0, 0.05) is 10.7 Å². The van der Waals surface area contributed by atoms with Crippen molar-refractivity contribution in [3.63, 3.8) is 0 Å². The van der Waals surface area contributed by atoms with Gasteiger partial charge in [-0.2, -0.15) is 0 Å². The molecule has 7 nitrogen and oxygen atoms in total. The van der Waals surface area contributed by atoms with Crippen LogP contribution in [0.1, 0.15) is 17.3 Å². The largest absolute Gasteiger partial charge is 0.449 e. The zero-order chi connectivity index (χ0) is 19.3. The van der Waals surface area contributed by atoms with E-state index in [1.54, 1.807) is 24.3 Å². The number of carbonyl (C=O) groups is 2. The number of hydrogen-bond acceptors (Lipinski definition) is 5. The van der Waals surface area contributed by atoms with E-state index in [1.807, 2.05) is 0 Å². The number of sulfonamides is 1. The van der Waals surface area contributed by atoms with E-state index in [2.05, 4.69) is 10.0 Å². The molecule has 0 aromatic heterocycles. The first kappa shape index (κ1) is 19.9. The fourth-order valence-corrected chi connectivity index (χ4v) is 2.80. The second kappa shape index (κ2) is 8.31. The summed E-state index contributed by atoms with van der Waals surface area (Å²) in [7, 11) is -2.30. The SMILES string of the molecule is CNS(=O)(=O)c1ccc(C(=O)OC(C)C(=O)Nc2ccc(Cl)cc2)cc1. The molecule has 0 heterocycles. The van der Waals surface area contributed by atoms with Crippen LogP contribution in [-0.4, -0.2) is 33.4 Å². The second-order valence-corrected chi connectivity index (χ2v) is 7.60. The molecule has 0 saturated carbocycles. The lowest BCUT2D eigenvalue weighted by atomic mass is 10.2. The van der Waals surface area contributed by atoms with E-state index >= 15 is 0 Å². The van der Waals surface area contributed by atoms with Gasteiger partial charge in [-0.05, 0) is 62.5 Å². The number of carbonyl (C=O) groups excluding carboxylic acids is 2. The highest BCUT2D eigenvalue weighted by molar-refractivity contribution is 7.89. The molecule has 2 rings (SSSR count). The highest BCUT2D eigenvalue weighted by Gasteiger charge is 2.20. The number of hydrogen-bond donors (Lipinski definition) is 2. The van der Waals surface area contributed by atoms with Gasteiger partial charge in [0.05, 0.1) is 10.5 Å². The molecule has 9 heteroatoms. The number of nitrogens with one attached hydrogen (secondary N) is 2. The first-order valence-electron chi connectivity index (χ1n) is 7.54. The van der Waals surface area contributed by atoms with Crippen LogP contribution in [0.3, 0.4) is 0 Å². The Morgan fingerprint density at radius 2 is 1.62 bits per heavy atom. The van der Waals surface area contributed by atoms with Gasteiger partial charge in [-0.25, -0.2) is 17.9 Å². The average Bonchev–Trinajstić information content (AvgIpc) is 2.63. The maximum atomic E-state index is 12.1. The third-order valence-electron chi connectivity index (χ3n) is 3.43. The van der Waals surface area contributed by atoms with Gasteiger partial charge >= 0.3 is 5.97 Å². The standard InChI is InChI=1S/C17H17ClN2O5S/c1-11(16(21)20-14-7-5-13(18)6-8-14)25-17(22)12-3-9-15(10-4-12)26(23,24)19-2/h3-11,19H,1-2H3,(H,20,21). The van der Waals surface area contributed by atoms with Gasteiger partial charge in [0.25, 0.3) is 5.91 Å². The van der Waals surface area contributed by atoms with Crippen molar-refractivity contribution in [1.29, 1.82) is 0 Å². The summed E-state index contributed by atoms with van der Waals surface area (Å²) in [4.78, 5) is 24.2. The van der Waals surface area contributed by atoms with Crippen LogP contribution in [0.15, 0.2) is 53.4 Å². The topological polar surface area (TPSA) is 102 Å².